The van der Waals surface area contributed by atoms with E-state index in [0.717, 1.165) is 22.6 Å². The van der Waals surface area contributed by atoms with Gasteiger partial charge in [-0.1, -0.05) is 12.1 Å². The van der Waals surface area contributed by atoms with Gasteiger partial charge in [-0.15, -0.1) is 0 Å². The summed E-state index contributed by atoms with van der Waals surface area (Å²) in [7, 11) is 0. The van der Waals surface area contributed by atoms with Crippen LogP contribution in [0.5, 0.6) is 11.5 Å². The summed E-state index contributed by atoms with van der Waals surface area (Å²) in [5.41, 5.74) is 11.0. The predicted octanol–water partition coefficient (Wildman–Crippen LogP) is 4.94. The largest absolute Gasteiger partial charge is 0.457 e. The summed E-state index contributed by atoms with van der Waals surface area (Å²) in [5.74, 6) is 1.50. The summed E-state index contributed by atoms with van der Waals surface area (Å²) in [6.07, 6.45) is 0. The maximum absolute atomic E-state index is 12.4. The van der Waals surface area contributed by atoms with Gasteiger partial charge in [0.05, 0.1) is 5.56 Å². The molecule has 3 N–H and O–H groups in total. The minimum atomic E-state index is -0.293. The molecule has 0 aliphatic rings. The Hall–Kier alpha value is -3.34. The maximum Gasteiger partial charge on any atom is 0.259 e. The molecule has 27 heavy (non-hydrogen) atoms. The number of carbonyl (C=O) groups is 1. The standard InChI is InChI=1S/C22H23N3O2/c1-13-5-6-14(2)20(16(13)4)27-18-10-8-17(9-11-18)25-22(26)19-12-7-15(3)24-21(19)23/h5-12H,1-4H3,(H2,23,24)(H,25,26). The van der Waals surface area contributed by atoms with E-state index in [1.54, 1.807) is 24.3 Å². The van der Waals surface area contributed by atoms with Crippen molar-refractivity contribution in [2.24, 2.45) is 0 Å². The average molecular weight is 361 g/mol. The number of benzene rings is 2. The second-order valence-electron chi connectivity index (χ2n) is 6.62. The number of aryl methyl sites for hydroxylation is 3. The zero-order valence-corrected chi connectivity index (χ0v) is 16.0. The molecule has 1 aromatic heterocycles. The summed E-state index contributed by atoms with van der Waals surface area (Å²) in [6, 6.07) is 14.8. The first kappa shape index (κ1) is 18.5. The molecule has 138 valence electrons. The van der Waals surface area contributed by atoms with Crippen LogP contribution in [0.15, 0.2) is 48.5 Å². The van der Waals surface area contributed by atoms with E-state index in [9.17, 15) is 4.79 Å². The van der Waals surface area contributed by atoms with E-state index < -0.39 is 0 Å². The Morgan fingerprint density at radius 3 is 2.26 bits per heavy atom. The van der Waals surface area contributed by atoms with Gasteiger partial charge in [-0.05, 0) is 80.8 Å². The third-order valence-corrected chi connectivity index (χ3v) is 4.51. The number of ether oxygens (including phenoxy) is 1. The molecule has 5 heteroatoms. The fourth-order valence-corrected chi connectivity index (χ4v) is 2.77. The third kappa shape index (κ3) is 4.08. The summed E-state index contributed by atoms with van der Waals surface area (Å²) in [4.78, 5) is 16.5. The lowest BCUT2D eigenvalue weighted by atomic mass is 10.1. The van der Waals surface area contributed by atoms with Crippen molar-refractivity contribution in [2.75, 3.05) is 11.1 Å². The van der Waals surface area contributed by atoms with E-state index >= 15 is 0 Å². The van der Waals surface area contributed by atoms with Gasteiger partial charge in [0.15, 0.2) is 0 Å². The van der Waals surface area contributed by atoms with Gasteiger partial charge < -0.3 is 15.8 Å². The van der Waals surface area contributed by atoms with E-state index in [0.29, 0.717) is 17.0 Å². The van der Waals surface area contributed by atoms with Gasteiger partial charge >= 0.3 is 0 Å². The highest BCUT2D eigenvalue weighted by Crippen LogP contribution is 2.31. The van der Waals surface area contributed by atoms with Crippen molar-refractivity contribution in [1.29, 1.82) is 0 Å². The number of nitrogens with one attached hydrogen (secondary N) is 1. The molecule has 0 atom stereocenters. The number of aromatic nitrogens is 1. The molecule has 0 saturated heterocycles. The van der Waals surface area contributed by atoms with Crippen molar-refractivity contribution >= 4 is 17.4 Å². The number of hydrogen-bond donors (Lipinski definition) is 2. The molecule has 0 radical (unpaired) electrons. The predicted molar refractivity (Wildman–Crippen MR) is 109 cm³/mol. The molecular weight excluding hydrogens is 338 g/mol. The fourth-order valence-electron chi connectivity index (χ4n) is 2.77. The van der Waals surface area contributed by atoms with Crippen LogP contribution in [0.25, 0.3) is 0 Å². The van der Waals surface area contributed by atoms with E-state index in [4.69, 9.17) is 10.5 Å². The van der Waals surface area contributed by atoms with Crippen LogP contribution in [0.4, 0.5) is 11.5 Å². The number of nitrogens with zero attached hydrogens (tertiary/aromatic N) is 1. The van der Waals surface area contributed by atoms with Crippen LogP contribution in [-0.4, -0.2) is 10.9 Å². The Morgan fingerprint density at radius 1 is 0.926 bits per heavy atom. The van der Waals surface area contributed by atoms with Crippen LogP contribution in [-0.2, 0) is 0 Å². The third-order valence-electron chi connectivity index (χ3n) is 4.51. The molecule has 3 rings (SSSR count). The van der Waals surface area contributed by atoms with Gasteiger partial charge in [0.25, 0.3) is 5.91 Å². The first-order valence-electron chi connectivity index (χ1n) is 8.74. The molecule has 0 unspecified atom stereocenters. The Balaban J connectivity index is 1.74. The maximum atomic E-state index is 12.4. The lowest BCUT2D eigenvalue weighted by molar-refractivity contribution is 0.102. The summed E-state index contributed by atoms with van der Waals surface area (Å²) in [6.45, 7) is 7.96. The molecular formula is C22H23N3O2. The molecule has 0 bridgehead atoms. The lowest BCUT2D eigenvalue weighted by Crippen LogP contribution is -2.15. The van der Waals surface area contributed by atoms with E-state index in [-0.39, 0.29) is 11.7 Å². The lowest BCUT2D eigenvalue weighted by Gasteiger charge is -2.14. The zero-order valence-electron chi connectivity index (χ0n) is 16.0. The van der Waals surface area contributed by atoms with Crippen LogP contribution in [0.2, 0.25) is 0 Å². The second kappa shape index (κ2) is 7.50. The Morgan fingerprint density at radius 2 is 1.59 bits per heavy atom. The van der Waals surface area contributed by atoms with E-state index in [1.807, 2.05) is 39.0 Å². The minimum Gasteiger partial charge on any atom is -0.457 e. The van der Waals surface area contributed by atoms with Crippen LogP contribution < -0.4 is 15.8 Å². The number of carbonyl (C=O) groups excluding carboxylic acids is 1. The number of nitrogen functional groups attached to an aromatic ring is 1. The van der Waals surface area contributed by atoms with Crippen LogP contribution in [0.3, 0.4) is 0 Å². The number of hydrogen-bond acceptors (Lipinski definition) is 4. The molecule has 0 saturated carbocycles. The van der Waals surface area contributed by atoms with Gasteiger partial charge in [-0.25, -0.2) is 4.98 Å². The first-order chi connectivity index (χ1) is 12.8. The molecule has 1 heterocycles. The van der Waals surface area contributed by atoms with E-state index in [2.05, 4.69) is 23.3 Å². The smallest absolute Gasteiger partial charge is 0.259 e. The topological polar surface area (TPSA) is 77.2 Å². The van der Waals surface area contributed by atoms with Crippen molar-refractivity contribution in [1.82, 2.24) is 4.98 Å². The highest BCUT2D eigenvalue weighted by atomic mass is 16.5. The van der Waals surface area contributed by atoms with Crippen LogP contribution in [0.1, 0.15) is 32.7 Å². The molecule has 2 aromatic carbocycles. The summed E-state index contributed by atoms with van der Waals surface area (Å²) >= 11 is 0. The van der Waals surface area contributed by atoms with E-state index in [1.165, 1.54) is 5.56 Å². The highest BCUT2D eigenvalue weighted by molar-refractivity contribution is 6.07. The Bertz CT molecular complexity index is 995. The fraction of sp³-hybridized carbons (Fsp3) is 0.182. The molecule has 0 spiro atoms. The number of anilines is 2. The van der Waals surface area contributed by atoms with Gasteiger partial charge in [0.2, 0.25) is 0 Å². The first-order valence-corrected chi connectivity index (χ1v) is 8.74. The van der Waals surface area contributed by atoms with Crippen molar-refractivity contribution < 1.29 is 9.53 Å². The average Bonchev–Trinajstić information content (AvgIpc) is 2.63. The van der Waals surface area contributed by atoms with Crippen molar-refractivity contribution in [3.63, 3.8) is 0 Å². The van der Waals surface area contributed by atoms with Gasteiger partial charge in [0.1, 0.15) is 17.3 Å². The summed E-state index contributed by atoms with van der Waals surface area (Å²) < 4.78 is 6.05. The van der Waals surface area contributed by atoms with Crippen molar-refractivity contribution in [3.05, 3.63) is 76.5 Å². The minimum absolute atomic E-state index is 0.220. The molecule has 5 nitrogen and oxygen atoms in total. The summed E-state index contributed by atoms with van der Waals surface area (Å²) in [5, 5.41) is 2.83. The Kier molecular flexibility index (Phi) is 5.12. The second-order valence-corrected chi connectivity index (χ2v) is 6.62. The van der Waals surface area contributed by atoms with Crippen LogP contribution in [0, 0.1) is 27.7 Å². The van der Waals surface area contributed by atoms with Gasteiger partial charge in [0, 0.05) is 11.4 Å². The number of pyridine rings is 1. The molecule has 0 aliphatic carbocycles. The molecule has 3 aromatic rings. The molecule has 0 aliphatic heterocycles. The van der Waals surface area contributed by atoms with Gasteiger partial charge in [-0.2, -0.15) is 0 Å². The number of rotatable bonds is 4. The molecule has 1 amide bonds. The van der Waals surface area contributed by atoms with Crippen LogP contribution >= 0.6 is 0 Å². The number of nitrogens with two attached hydrogens (primary N) is 1. The van der Waals surface area contributed by atoms with Gasteiger partial charge in [-0.3, -0.25) is 4.79 Å². The highest BCUT2D eigenvalue weighted by Gasteiger charge is 2.12. The SMILES string of the molecule is Cc1ccc(C(=O)Nc2ccc(Oc3c(C)ccc(C)c3C)cc2)c(N)n1. The molecule has 0 fully saturated rings. The Labute approximate surface area is 159 Å². The van der Waals surface area contributed by atoms with Crippen molar-refractivity contribution in [3.8, 4) is 11.5 Å². The number of amides is 1. The zero-order chi connectivity index (χ0) is 19.6. The normalized spacial score (nSPS) is 10.5. The van der Waals surface area contributed by atoms with Crippen molar-refractivity contribution in [2.45, 2.75) is 27.7 Å². The monoisotopic (exact) mass is 361 g/mol. The quantitative estimate of drug-likeness (QED) is 0.690.